The van der Waals surface area contributed by atoms with Crippen molar-refractivity contribution in [2.24, 2.45) is 34.0 Å². The molecular weight excluding hydrogens is 498 g/mol. The Morgan fingerprint density at radius 1 is 1.24 bits per heavy atom. The number of halogens is 1. The fourth-order valence-electron chi connectivity index (χ4n) is 8.49. The van der Waals surface area contributed by atoms with Crippen LogP contribution in [0.1, 0.15) is 70.2 Å². The van der Waals surface area contributed by atoms with Crippen LogP contribution >= 0.6 is 11.6 Å². The topological polar surface area (TPSA) is 134 Å². The van der Waals surface area contributed by atoms with Crippen molar-refractivity contribution < 1.29 is 34.4 Å². The van der Waals surface area contributed by atoms with Crippen LogP contribution in [0.15, 0.2) is 30.5 Å². The molecule has 1 spiro atoms. The monoisotopic (exact) mass is 531 g/mol. The van der Waals surface area contributed by atoms with Gasteiger partial charge in [-0.25, -0.2) is 9.78 Å². The maximum atomic E-state index is 14.3. The molecule has 8 nitrogen and oxygen atoms in total. The van der Waals surface area contributed by atoms with Gasteiger partial charge in [-0.2, -0.15) is 0 Å². The van der Waals surface area contributed by atoms with E-state index in [4.69, 9.17) is 16.3 Å². The van der Waals surface area contributed by atoms with Crippen molar-refractivity contribution in [1.82, 2.24) is 4.98 Å². The molecule has 1 aromatic heterocycles. The van der Waals surface area contributed by atoms with Crippen LogP contribution in [0.2, 0.25) is 5.15 Å². The Morgan fingerprint density at radius 3 is 2.54 bits per heavy atom. The quantitative estimate of drug-likeness (QED) is 0.233. The predicted octanol–water partition coefficient (Wildman–Crippen LogP) is 3.26. The second-order valence-electron chi connectivity index (χ2n) is 12.3. The number of aliphatic hydroxyl groups is 3. The molecule has 7 atom stereocenters. The van der Waals surface area contributed by atoms with Crippen LogP contribution < -0.4 is 0 Å². The number of nitrogens with zero attached hydrogens (tertiary/aromatic N) is 1. The molecule has 4 aliphatic carbocycles. The maximum Gasteiger partial charge on any atom is 0.342 e. The molecular formula is C28H34ClNO7. The predicted molar refractivity (Wildman–Crippen MR) is 133 cm³/mol. The average Bonchev–Trinajstić information content (AvgIpc) is 2.83. The summed E-state index contributed by atoms with van der Waals surface area (Å²) in [6.45, 7) is 11.5. The van der Waals surface area contributed by atoms with Gasteiger partial charge in [0.2, 0.25) is 5.79 Å². The molecule has 4 aliphatic rings. The Bertz CT molecular complexity index is 1230. The van der Waals surface area contributed by atoms with Crippen LogP contribution in [-0.4, -0.2) is 55.3 Å². The van der Waals surface area contributed by atoms with Gasteiger partial charge >= 0.3 is 5.97 Å². The first kappa shape index (κ1) is 26.5. The number of fused-ring (bicyclic) bond motifs is 3. The molecule has 0 saturated heterocycles. The normalized spacial score (nSPS) is 41.4. The van der Waals surface area contributed by atoms with E-state index in [9.17, 15) is 29.7 Å². The zero-order chi connectivity index (χ0) is 27.3. The summed E-state index contributed by atoms with van der Waals surface area (Å²) in [7, 11) is 0. The summed E-state index contributed by atoms with van der Waals surface area (Å²) in [5.41, 5.74) is -5.07. The van der Waals surface area contributed by atoms with Gasteiger partial charge < -0.3 is 20.1 Å². The van der Waals surface area contributed by atoms with Crippen molar-refractivity contribution in [2.75, 3.05) is 0 Å². The SMILES string of the molecule is C=C1[C@H](CCC)[C@H]2C1(OC(=O)c1cccnc1Cl)C(=O)[C@@]21CC2(C)C(=O)CCC(C)(C)[C@H]2[C@H](O)C1(O)O. The van der Waals surface area contributed by atoms with E-state index in [1.165, 1.54) is 18.3 Å². The highest BCUT2D eigenvalue weighted by molar-refractivity contribution is 6.32. The van der Waals surface area contributed by atoms with Crippen molar-refractivity contribution in [2.45, 2.75) is 77.3 Å². The Kier molecular flexibility index (Phi) is 5.68. The van der Waals surface area contributed by atoms with E-state index in [-0.39, 0.29) is 35.3 Å². The van der Waals surface area contributed by atoms with E-state index in [0.29, 0.717) is 24.8 Å². The summed E-state index contributed by atoms with van der Waals surface area (Å²) >= 11 is 6.09. The molecule has 2 unspecified atom stereocenters. The van der Waals surface area contributed by atoms with Crippen molar-refractivity contribution in [1.29, 1.82) is 0 Å². The Morgan fingerprint density at radius 2 is 1.92 bits per heavy atom. The van der Waals surface area contributed by atoms with Gasteiger partial charge in [-0.15, -0.1) is 0 Å². The van der Waals surface area contributed by atoms with Gasteiger partial charge in [-0.05, 0) is 48.3 Å². The van der Waals surface area contributed by atoms with E-state index < -0.39 is 57.3 Å². The van der Waals surface area contributed by atoms with Gasteiger partial charge in [0.15, 0.2) is 11.4 Å². The molecule has 4 fully saturated rings. The number of aliphatic hydroxyl groups excluding tert-OH is 1. The summed E-state index contributed by atoms with van der Waals surface area (Å²) in [6.07, 6.45) is 1.55. The zero-order valence-electron chi connectivity index (χ0n) is 21.6. The highest BCUT2D eigenvalue weighted by Gasteiger charge is 2.91. The lowest BCUT2D eigenvalue weighted by Gasteiger charge is -2.76. The molecule has 200 valence electrons. The third kappa shape index (κ3) is 2.96. The summed E-state index contributed by atoms with van der Waals surface area (Å²) in [6, 6.07) is 2.94. The van der Waals surface area contributed by atoms with Crippen LogP contribution in [0.4, 0.5) is 0 Å². The molecule has 9 heteroatoms. The molecule has 4 saturated carbocycles. The maximum absolute atomic E-state index is 14.3. The summed E-state index contributed by atoms with van der Waals surface area (Å²) < 4.78 is 5.83. The van der Waals surface area contributed by atoms with E-state index in [0.717, 1.165) is 0 Å². The lowest BCUT2D eigenvalue weighted by atomic mass is 9.27. The molecule has 1 aromatic rings. The van der Waals surface area contributed by atoms with E-state index >= 15 is 0 Å². The first-order chi connectivity index (χ1) is 17.1. The van der Waals surface area contributed by atoms with Crippen molar-refractivity contribution >= 4 is 29.1 Å². The van der Waals surface area contributed by atoms with E-state index in [1.807, 2.05) is 20.8 Å². The van der Waals surface area contributed by atoms with Crippen molar-refractivity contribution in [3.8, 4) is 0 Å². The van der Waals surface area contributed by atoms with Crippen LogP contribution in [-0.2, 0) is 14.3 Å². The fourth-order valence-corrected chi connectivity index (χ4v) is 8.69. The third-order valence-corrected chi connectivity index (χ3v) is 10.4. The van der Waals surface area contributed by atoms with Gasteiger partial charge in [0, 0.05) is 29.9 Å². The molecule has 0 aliphatic heterocycles. The summed E-state index contributed by atoms with van der Waals surface area (Å²) in [4.78, 5) is 44.7. The van der Waals surface area contributed by atoms with Gasteiger partial charge in [0.1, 0.15) is 17.0 Å². The lowest BCUT2D eigenvalue weighted by Crippen LogP contribution is -2.90. The molecule has 0 aromatic carbocycles. The first-order valence-corrected chi connectivity index (χ1v) is 13.3. The summed E-state index contributed by atoms with van der Waals surface area (Å²) in [5, 5.41) is 34.7. The molecule has 0 radical (unpaired) electrons. The van der Waals surface area contributed by atoms with Crippen LogP contribution in [0, 0.1) is 34.0 Å². The average molecular weight is 532 g/mol. The number of carbonyl (C=O) groups excluding carboxylic acids is 3. The molecule has 5 rings (SSSR count). The van der Waals surface area contributed by atoms with Gasteiger partial charge in [-0.3, -0.25) is 9.59 Å². The van der Waals surface area contributed by atoms with E-state index in [2.05, 4.69) is 11.6 Å². The molecule has 37 heavy (non-hydrogen) atoms. The Balaban J connectivity index is 1.62. The number of hydrogen-bond donors (Lipinski definition) is 3. The molecule has 0 amide bonds. The minimum Gasteiger partial charge on any atom is -0.442 e. The number of Topliss-reactive ketones (excluding diaryl/α,β-unsaturated/α-hetero) is 2. The number of esters is 1. The number of rotatable bonds is 4. The van der Waals surface area contributed by atoms with Gasteiger partial charge in [0.25, 0.3) is 0 Å². The number of pyridine rings is 1. The van der Waals surface area contributed by atoms with Crippen LogP contribution in [0.3, 0.4) is 0 Å². The second-order valence-corrected chi connectivity index (χ2v) is 12.7. The molecule has 1 heterocycles. The largest absolute Gasteiger partial charge is 0.442 e. The minimum absolute atomic E-state index is 0.0306. The minimum atomic E-state index is -2.83. The van der Waals surface area contributed by atoms with Gasteiger partial charge in [-0.1, -0.05) is 52.3 Å². The van der Waals surface area contributed by atoms with Crippen molar-refractivity contribution in [3.05, 3.63) is 41.2 Å². The van der Waals surface area contributed by atoms with Crippen LogP contribution in [0.5, 0.6) is 0 Å². The number of hydrogen-bond acceptors (Lipinski definition) is 8. The first-order valence-electron chi connectivity index (χ1n) is 12.9. The van der Waals surface area contributed by atoms with Gasteiger partial charge in [0.05, 0.1) is 11.0 Å². The zero-order valence-corrected chi connectivity index (χ0v) is 22.3. The standard InChI is InChI=1S/C28H34ClNO7/c1-6-8-15-14(2)27(37-22(33)16-9-7-12-30-21(16)29)18(15)26(23(27)34)13-25(5)17(31)10-11-24(3,4)19(25)20(32)28(26,35)36/h7,9,12,15,18-20,32,35-36H,2,6,8,10-11,13H2,1,3-5H3/t15-,18+,19+,20-,25?,26+,27?/m0/s1. The van der Waals surface area contributed by atoms with Crippen molar-refractivity contribution in [3.63, 3.8) is 0 Å². The lowest BCUT2D eigenvalue weighted by molar-refractivity contribution is -0.386. The third-order valence-electron chi connectivity index (χ3n) is 10.1. The Labute approximate surface area is 221 Å². The van der Waals surface area contributed by atoms with Crippen LogP contribution in [0.25, 0.3) is 0 Å². The number of ether oxygens (including phenoxy) is 1. The highest BCUT2D eigenvalue weighted by atomic mass is 35.5. The number of ketones is 2. The highest BCUT2D eigenvalue weighted by Crippen LogP contribution is 2.78. The molecule has 3 N–H and O–H groups in total. The second kappa shape index (κ2) is 7.94. The molecule has 0 bridgehead atoms. The smallest absolute Gasteiger partial charge is 0.342 e. The number of aromatic nitrogens is 1. The number of carbonyl (C=O) groups is 3. The fraction of sp³-hybridized carbons (Fsp3) is 0.643. The Hall–Kier alpha value is -2.13. The van der Waals surface area contributed by atoms with E-state index in [1.54, 1.807) is 6.92 Å². The summed E-state index contributed by atoms with van der Waals surface area (Å²) in [5.74, 6) is -6.55.